The number of hydrogen-bond acceptors (Lipinski definition) is 4. The molecule has 2 aromatic rings. The molecule has 23 heavy (non-hydrogen) atoms. The number of methoxy groups -OCH3 is 1. The molecule has 2 aromatic carbocycles. The van der Waals surface area contributed by atoms with Crippen LogP contribution < -0.4 is 9.46 Å². The van der Waals surface area contributed by atoms with Crippen molar-refractivity contribution in [3.63, 3.8) is 0 Å². The highest BCUT2D eigenvalue weighted by molar-refractivity contribution is 7.92. The molecule has 0 bridgehead atoms. The van der Waals surface area contributed by atoms with Crippen LogP contribution in [0.15, 0.2) is 48.5 Å². The molecule has 0 atom stereocenters. The van der Waals surface area contributed by atoms with Crippen LogP contribution in [-0.2, 0) is 23.1 Å². The molecule has 0 heterocycles. The van der Waals surface area contributed by atoms with Gasteiger partial charge in [0.2, 0.25) is 10.0 Å². The maximum absolute atomic E-state index is 11.2. The van der Waals surface area contributed by atoms with E-state index in [9.17, 15) is 8.42 Å². The van der Waals surface area contributed by atoms with E-state index in [0.29, 0.717) is 5.69 Å². The van der Waals surface area contributed by atoms with E-state index in [-0.39, 0.29) is 0 Å². The first-order valence-electron chi connectivity index (χ1n) is 7.24. The average molecular weight is 334 g/mol. The van der Waals surface area contributed by atoms with Crippen molar-refractivity contribution in [1.29, 1.82) is 0 Å². The van der Waals surface area contributed by atoms with Gasteiger partial charge < -0.3 is 4.74 Å². The minimum atomic E-state index is -3.24. The summed E-state index contributed by atoms with van der Waals surface area (Å²) in [6.45, 7) is 1.53. The third-order valence-electron chi connectivity index (χ3n) is 3.34. The minimum absolute atomic E-state index is 0.573. The van der Waals surface area contributed by atoms with Gasteiger partial charge in [0.15, 0.2) is 0 Å². The fourth-order valence-electron chi connectivity index (χ4n) is 2.38. The second kappa shape index (κ2) is 7.48. The molecule has 124 valence electrons. The summed E-state index contributed by atoms with van der Waals surface area (Å²) in [4.78, 5) is 2.18. The normalized spacial score (nSPS) is 11.5. The maximum Gasteiger partial charge on any atom is 0.229 e. The maximum atomic E-state index is 11.2. The third-order valence-corrected chi connectivity index (χ3v) is 3.95. The first kappa shape index (κ1) is 17.3. The van der Waals surface area contributed by atoms with Crippen LogP contribution in [0, 0.1) is 0 Å². The van der Waals surface area contributed by atoms with Crippen LogP contribution in [0.4, 0.5) is 5.69 Å². The molecule has 5 nitrogen and oxygen atoms in total. The molecule has 0 aliphatic heterocycles. The molecule has 0 aliphatic carbocycles. The number of para-hydroxylation sites is 1. The molecular formula is C17H22N2O3S. The monoisotopic (exact) mass is 334 g/mol. The Morgan fingerprint density at radius 1 is 1.04 bits per heavy atom. The van der Waals surface area contributed by atoms with Crippen LogP contribution in [0.2, 0.25) is 0 Å². The highest BCUT2D eigenvalue weighted by atomic mass is 32.2. The Hall–Kier alpha value is -2.05. The summed E-state index contributed by atoms with van der Waals surface area (Å²) in [6, 6.07) is 15.3. The van der Waals surface area contributed by atoms with Crippen molar-refractivity contribution >= 4 is 15.7 Å². The summed E-state index contributed by atoms with van der Waals surface area (Å²) >= 11 is 0. The Bertz CT molecular complexity index is 743. The van der Waals surface area contributed by atoms with Crippen LogP contribution in [0.3, 0.4) is 0 Å². The van der Waals surface area contributed by atoms with Crippen LogP contribution >= 0.6 is 0 Å². The molecule has 1 N–H and O–H groups in total. The predicted molar refractivity (Wildman–Crippen MR) is 93.1 cm³/mol. The zero-order valence-electron chi connectivity index (χ0n) is 13.6. The number of ether oxygens (including phenoxy) is 1. The summed E-state index contributed by atoms with van der Waals surface area (Å²) in [5.74, 6) is 0.882. The zero-order valence-corrected chi connectivity index (χ0v) is 14.4. The third kappa shape index (κ3) is 5.58. The van der Waals surface area contributed by atoms with Crippen LogP contribution in [0.5, 0.6) is 5.75 Å². The van der Waals surface area contributed by atoms with Gasteiger partial charge in [-0.2, -0.15) is 0 Å². The lowest BCUT2D eigenvalue weighted by Crippen LogP contribution is -2.17. The van der Waals surface area contributed by atoms with Crippen molar-refractivity contribution in [2.45, 2.75) is 13.1 Å². The van der Waals surface area contributed by atoms with Gasteiger partial charge in [0, 0.05) is 24.3 Å². The lowest BCUT2D eigenvalue weighted by atomic mass is 10.1. The van der Waals surface area contributed by atoms with Crippen LogP contribution in [0.1, 0.15) is 11.1 Å². The molecule has 0 amide bonds. The Labute approximate surface area is 137 Å². The number of rotatable bonds is 7. The van der Waals surface area contributed by atoms with E-state index < -0.39 is 10.0 Å². The number of hydrogen-bond donors (Lipinski definition) is 1. The SMILES string of the molecule is COc1ccccc1CN(C)Cc1ccc(NS(C)(=O)=O)cc1. The number of benzene rings is 2. The fraction of sp³-hybridized carbons (Fsp3) is 0.294. The number of anilines is 1. The van der Waals surface area contributed by atoms with E-state index in [0.717, 1.165) is 36.2 Å². The fourth-order valence-corrected chi connectivity index (χ4v) is 2.95. The number of nitrogens with one attached hydrogen (secondary N) is 1. The summed E-state index contributed by atoms with van der Waals surface area (Å²) in [6.07, 6.45) is 1.14. The average Bonchev–Trinajstić information content (AvgIpc) is 2.48. The summed E-state index contributed by atoms with van der Waals surface area (Å²) in [7, 11) is 0.474. The molecule has 0 unspecified atom stereocenters. The summed E-state index contributed by atoms with van der Waals surface area (Å²) in [5.41, 5.74) is 2.82. The van der Waals surface area contributed by atoms with Gasteiger partial charge >= 0.3 is 0 Å². The van der Waals surface area contributed by atoms with Gasteiger partial charge in [-0.05, 0) is 30.8 Å². The van der Waals surface area contributed by atoms with Gasteiger partial charge in [0.05, 0.1) is 13.4 Å². The van der Waals surface area contributed by atoms with E-state index in [4.69, 9.17) is 4.74 Å². The van der Waals surface area contributed by atoms with Gasteiger partial charge in [0.1, 0.15) is 5.75 Å². The van der Waals surface area contributed by atoms with E-state index in [1.807, 2.05) is 37.4 Å². The summed E-state index contributed by atoms with van der Waals surface area (Å²) in [5, 5.41) is 0. The van der Waals surface area contributed by atoms with Crippen molar-refractivity contribution in [3.8, 4) is 5.75 Å². The Morgan fingerprint density at radius 3 is 2.30 bits per heavy atom. The second-order valence-electron chi connectivity index (χ2n) is 5.56. The second-order valence-corrected chi connectivity index (χ2v) is 7.30. The Balaban J connectivity index is 1.99. The van der Waals surface area contributed by atoms with Crippen molar-refractivity contribution in [1.82, 2.24) is 4.90 Å². The smallest absolute Gasteiger partial charge is 0.229 e. The van der Waals surface area contributed by atoms with Crippen molar-refractivity contribution in [2.24, 2.45) is 0 Å². The molecule has 0 aliphatic rings. The lowest BCUT2D eigenvalue weighted by molar-refractivity contribution is 0.310. The molecule has 0 radical (unpaired) electrons. The zero-order chi connectivity index (χ0) is 16.9. The van der Waals surface area contributed by atoms with E-state index >= 15 is 0 Å². The van der Waals surface area contributed by atoms with Gasteiger partial charge in [0.25, 0.3) is 0 Å². The Morgan fingerprint density at radius 2 is 1.70 bits per heavy atom. The number of nitrogens with zero attached hydrogens (tertiary/aromatic N) is 1. The topological polar surface area (TPSA) is 58.6 Å². The number of sulfonamides is 1. The van der Waals surface area contributed by atoms with Crippen LogP contribution in [0.25, 0.3) is 0 Å². The molecule has 0 saturated heterocycles. The standard InChI is InChI=1S/C17H22N2O3S/c1-19(13-15-6-4-5-7-17(15)22-2)12-14-8-10-16(11-9-14)18-23(3,20)21/h4-11,18H,12-13H2,1-3H3. The van der Waals surface area contributed by atoms with E-state index in [1.54, 1.807) is 19.2 Å². The van der Waals surface area contributed by atoms with Gasteiger partial charge in [-0.1, -0.05) is 30.3 Å². The summed E-state index contributed by atoms with van der Waals surface area (Å²) < 4.78 is 30.2. The Kier molecular flexibility index (Phi) is 5.63. The highest BCUT2D eigenvalue weighted by Gasteiger charge is 2.07. The largest absolute Gasteiger partial charge is 0.496 e. The van der Waals surface area contributed by atoms with Gasteiger partial charge in [-0.25, -0.2) is 8.42 Å². The van der Waals surface area contributed by atoms with Crippen LogP contribution in [-0.4, -0.2) is 33.7 Å². The van der Waals surface area contributed by atoms with E-state index in [2.05, 4.69) is 15.7 Å². The van der Waals surface area contributed by atoms with Crippen molar-refractivity contribution < 1.29 is 13.2 Å². The first-order chi connectivity index (χ1) is 10.9. The lowest BCUT2D eigenvalue weighted by Gasteiger charge is -2.18. The molecule has 0 spiro atoms. The van der Waals surface area contributed by atoms with Crippen molar-refractivity contribution in [3.05, 3.63) is 59.7 Å². The van der Waals surface area contributed by atoms with Crippen molar-refractivity contribution in [2.75, 3.05) is 25.1 Å². The van der Waals surface area contributed by atoms with E-state index in [1.165, 1.54) is 0 Å². The first-order valence-corrected chi connectivity index (χ1v) is 9.13. The quantitative estimate of drug-likeness (QED) is 0.846. The predicted octanol–water partition coefficient (Wildman–Crippen LogP) is 2.70. The van der Waals surface area contributed by atoms with Gasteiger partial charge in [-0.3, -0.25) is 9.62 Å². The minimum Gasteiger partial charge on any atom is -0.496 e. The molecule has 6 heteroatoms. The highest BCUT2D eigenvalue weighted by Crippen LogP contribution is 2.20. The molecule has 2 rings (SSSR count). The molecule has 0 aromatic heterocycles. The molecule has 0 fully saturated rings. The van der Waals surface area contributed by atoms with Gasteiger partial charge in [-0.15, -0.1) is 0 Å². The molecular weight excluding hydrogens is 312 g/mol. The molecule has 0 saturated carbocycles.